The van der Waals surface area contributed by atoms with E-state index < -0.39 is 23.8 Å². The van der Waals surface area contributed by atoms with Crippen molar-refractivity contribution in [3.63, 3.8) is 0 Å². The molecule has 0 saturated heterocycles. The van der Waals surface area contributed by atoms with E-state index in [2.05, 4.69) is 5.32 Å². The van der Waals surface area contributed by atoms with Crippen molar-refractivity contribution >= 4 is 17.7 Å². The van der Waals surface area contributed by atoms with Gasteiger partial charge in [-0.1, -0.05) is 6.42 Å². The summed E-state index contributed by atoms with van der Waals surface area (Å²) in [6.07, 6.45) is 5.90. The molecule has 7 nitrogen and oxygen atoms in total. The van der Waals surface area contributed by atoms with Crippen LogP contribution in [0.4, 0.5) is 0 Å². The average Bonchev–Trinajstić information content (AvgIpc) is 2.40. The molecule has 0 heterocycles. The van der Waals surface area contributed by atoms with Gasteiger partial charge in [-0.05, 0) is 32.6 Å². The van der Waals surface area contributed by atoms with Gasteiger partial charge < -0.3 is 21.5 Å². The number of carbonyl (C=O) groups excluding carboxylic acids is 2. The molecule has 1 aliphatic carbocycles. The number of hydrogen-bond acceptors (Lipinski definition) is 5. The second-order valence-electron chi connectivity index (χ2n) is 4.89. The zero-order valence-electron chi connectivity index (χ0n) is 11.6. The molecule has 1 unspecified atom stereocenters. The number of amidine groups is 1. The Morgan fingerprint density at radius 1 is 1.35 bits per heavy atom. The number of nitrogens with one attached hydrogen (secondary N) is 2. The second-order valence-corrected chi connectivity index (χ2v) is 4.89. The van der Waals surface area contributed by atoms with Crippen LogP contribution in [0.3, 0.4) is 0 Å². The van der Waals surface area contributed by atoms with Gasteiger partial charge in [0.05, 0.1) is 5.57 Å². The lowest BCUT2D eigenvalue weighted by Gasteiger charge is -2.23. The first-order valence-electron chi connectivity index (χ1n) is 6.73. The Kier molecular flexibility index (Phi) is 6.02. The standard InChI is InChI=1S/C13H22N4O3/c1-8(17-12(18)10(7-14)11(15)16)13(19)20-9-5-3-2-4-6-9/h7-9H,2-6,14H2,1H3,(H3,15,16)(H,17,18)/b10-7-. The van der Waals surface area contributed by atoms with Crippen LogP contribution >= 0.6 is 0 Å². The Bertz CT molecular complexity index is 414. The van der Waals surface area contributed by atoms with E-state index in [1.54, 1.807) is 0 Å². The Hall–Kier alpha value is -2.05. The molecular formula is C13H22N4O3. The lowest BCUT2D eigenvalue weighted by atomic mass is 9.98. The number of ether oxygens (including phenoxy) is 1. The number of nitrogens with two attached hydrogens (primary N) is 2. The summed E-state index contributed by atoms with van der Waals surface area (Å²) in [6.45, 7) is 1.53. The average molecular weight is 282 g/mol. The minimum absolute atomic E-state index is 0.0621. The molecule has 0 radical (unpaired) electrons. The Morgan fingerprint density at radius 3 is 2.45 bits per heavy atom. The Morgan fingerprint density at radius 2 is 1.95 bits per heavy atom. The second kappa shape index (κ2) is 7.52. The largest absolute Gasteiger partial charge is 0.461 e. The molecule has 1 aliphatic rings. The highest BCUT2D eigenvalue weighted by atomic mass is 16.5. The highest BCUT2D eigenvalue weighted by molar-refractivity contribution is 6.19. The molecule has 1 amide bonds. The zero-order valence-corrected chi connectivity index (χ0v) is 11.6. The SMILES string of the molecule is CC(NC(=O)/C(=C\N)C(=N)N)C(=O)OC1CCCCC1. The topological polar surface area (TPSA) is 131 Å². The summed E-state index contributed by atoms with van der Waals surface area (Å²) < 4.78 is 5.34. The third-order valence-corrected chi connectivity index (χ3v) is 3.24. The first-order chi connectivity index (χ1) is 9.45. The minimum Gasteiger partial charge on any atom is -0.461 e. The summed E-state index contributed by atoms with van der Waals surface area (Å²) in [7, 11) is 0. The van der Waals surface area contributed by atoms with Crippen LogP contribution in [0.15, 0.2) is 11.8 Å². The van der Waals surface area contributed by atoms with Gasteiger partial charge in [-0.3, -0.25) is 10.2 Å². The molecule has 6 N–H and O–H groups in total. The predicted octanol–water partition coefficient (Wildman–Crippen LogP) is 0.146. The van der Waals surface area contributed by atoms with Gasteiger partial charge in [0.15, 0.2) is 0 Å². The van der Waals surface area contributed by atoms with Gasteiger partial charge in [0.2, 0.25) is 0 Å². The molecule has 1 fully saturated rings. The van der Waals surface area contributed by atoms with Crippen molar-refractivity contribution in [2.75, 3.05) is 0 Å². The maximum Gasteiger partial charge on any atom is 0.328 e. The predicted molar refractivity (Wildman–Crippen MR) is 74.8 cm³/mol. The normalized spacial score (nSPS) is 18.1. The van der Waals surface area contributed by atoms with Crippen LogP contribution in [0.1, 0.15) is 39.0 Å². The summed E-state index contributed by atoms with van der Waals surface area (Å²) in [6, 6.07) is -0.807. The van der Waals surface area contributed by atoms with E-state index in [4.69, 9.17) is 21.6 Å². The van der Waals surface area contributed by atoms with Gasteiger partial charge >= 0.3 is 5.97 Å². The van der Waals surface area contributed by atoms with Crippen LogP contribution in [-0.2, 0) is 14.3 Å². The van der Waals surface area contributed by atoms with E-state index in [9.17, 15) is 9.59 Å². The van der Waals surface area contributed by atoms with Crippen LogP contribution in [0.2, 0.25) is 0 Å². The van der Waals surface area contributed by atoms with Gasteiger partial charge in [-0.25, -0.2) is 4.79 Å². The molecule has 0 aromatic carbocycles. The minimum atomic E-state index is -0.807. The third-order valence-electron chi connectivity index (χ3n) is 3.24. The highest BCUT2D eigenvalue weighted by Crippen LogP contribution is 2.20. The fourth-order valence-corrected chi connectivity index (χ4v) is 2.07. The van der Waals surface area contributed by atoms with Crippen LogP contribution in [0.5, 0.6) is 0 Å². The van der Waals surface area contributed by atoms with Gasteiger partial charge in [0, 0.05) is 6.20 Å². The first kappa shape index (κ1) is 16.0. The molecule has 0 aliphatic heterocycles. The van der Waals surface area contributed by atoms with Crippen molar-refractivity contribution < 1.29 is 14.3 Å². The van der Waals surface area contributed by atoms with E-state index in [1.165, 1.54) is 13.3 Å². The smallest absolute Gasteiger partial charge is 0.328 e. The molecule has 0 aromatic rings. The summed E-state index contributed by atoms with van der Waals surface area (Å²) in [5, 5.41) is 9.61. The Balaban J connectivity index is 2.48. The van der Waals surface area contributed by atoms with Crippen molar-refractivity contribution in [3.05, 3.63) is 11.8 Å². The Labute approximate surface area is 118 Å². The molecule has 20 heavy (non-hydrogen) atoms. The number of carbonyl (C=O) groups is 2. The summed E-state index contributed by atoms with van der Waals surface area (Å²) in [5.74, 6) is -1.59. The zero-order chi connectivity index (χ0) is 15.1. The van der Waals surface area contributed by atoms with E-state index >= 15 is 0 Å². The number of hydrogen-bond donors (Lipinski definition) is 4. The van der Waals surface area contributed by atoms with Crippen LogP contribution < -0.4 is 16.8 Å². The number of amides is 1. The van der Waals surface area contributed by atoms with Gasteiger partial charge in [-0.2, -0.15) is 0 Å². The van der Waals surface area contributed by atoms with Gasteiger partial charge in [0.1, 0.15) is 18.0 Å². The van der Waals surface area contributed by atoms with Crippen LogP contribution in [0.25, 0.3) is 0 Å². The van der Waals surface area contributed by atoms with Crippen molar-refractivity contribution in [1.29, 1.82) is 5.41 Å². The molecule has 1 saturated carbocycles. The highest BCUT2D eigenvalue weighted by Gasteiger charge is 2.24. The fourth-order valence-electron chi connectivity index (χ4n) is 2.07. The monoisotopic (exact) mass is 282 g/mol. The maximum absolute atomic E-state index is 11.9. The van der Waals surface area contributed by atoms with Crippen molar-refractivity contribution in [2.45, 2.75) is 51.2 Å². The van der Waals surface area contributed by atoms with E-state index in [0.717, 1.165) is 31.9 Å². The molecule has 0 spiro atoms. The first-order valence-corrected chi connectivity index (χ1v) is 6.73. The van der Waals surface area contributed by atoms with Crippen molar-refractivity contribution in [2.24, 2.45) is 11.5 Å². The fraction of sp³-hybridized carbons (Fsp3) is 0.615. The van der Waals surface area contributed by atoms with Crippen molar-refractivity contribution in [1.82, 2.24) is 5.32 Å². The molecule has 1 rings (SSSR count). The van der Waals surface area contributed by atoms with Crippen LogP contribution in [-0.4, -0.2) is 29.9 Å². The van der Waals surface area contributed by atoms with E-state index in [0.29, 0.717) is 0 Å². The van der Waals surface area contributed by atoms with E-state index in [1.807, 2.05) is 0 Å². The summed E-state index contributed by atoms with van der Waals surface area (Å²) >= 11 is 0. The number of esters is 1. The lowest BCUT2D eigenvalue weighted by Crippen LogP contribution is -2.43. The third kappa shape index (κ3) is 4.56. The number of rotatable bonds is 5. The maximum atomic E-state index is 11.9. The van der Waals surface area contributed by atoms with E-state index in [-0.39, 0.29) is 11.7 Å². The van der Waals surface area contributed by atoms with Gasteiger partial charge in [0.25, 0.3) is 5.91 Å². The molecule has 112 valence electrons. The molecule has 0 bridgehead atoms. The van der Waals surface area contributed by atoms with Gasteiger partial charge in [-0.15, -0.1) is 0 Å². The van der Waals surface area contributed by atoms with Crippen molar-refractivity contribution in [3.8, 4) is 0 Å². The molecule has 0 aromatic heterocycles. The summed E-state index contributed by atoms with van der Waals surface area (Å²) in [4.78, 5) is 23.6. The summed E-state index contributed by atoms with van der Waals surface area (Å²) in [5.41, 5.74) is 10.3. The quantitative estimate of drug-likeness (QED) is 0.246. The van der Waals surface area contributed by atoms with Crippen LogP contribution in [0, 0.1) is 5.41 Å². The molecular weight excluding hydrogens is 260 g/mol. The lowest BCUT2D eigenvalue weighted by molar-refractivity contribution is -0.153. The molecule has 7 heteroatoms. The molecule has 1 atom stereocenters.